The Morgan fingerprint density at radius 2 is 2.00 bits per heavy atom. The summed E-state index contributed by atoms with van der Waals surface area (Å²) in [5.41, 5.74) is 2.72. The fraction of sp³-hybridized carbons (Fsp3) is 0.667. The molecule has 2 aliphatic heterocycles. The predicted octanol–water partition coefficient (Wildman–Crippen LogP) is 2.19. The maximum Gasteiger partial charge on any atom is 0.237 e. The first-order chi connectivity index (χ1) is 12.7. The molecule has 1 atom stereocenters. The smallest absolute Gasteiger partial charge is 0.237 e. The Kier molecular flexibility index (Phi) is 5.46. The average Bonchev–Trinajstić information content (AvgIpc) is 3.33. The molecule has 1 amide bonds. The van der Waals surface area contributed by atoms with E-state index in [9.17, 15) is 4.79 Å². The number of fused-ring (bicyclic) bond motifs is 1. The zero-order chi connectivity index (χ0) is 17.9. The molecule has 0 radical (unpaired) electrons. The van der Waals surface area contributed by atoms with Crippen molar-refractivity contribution in [3.05, 3.63) is 29.3 Å². The molecule has 2 heterocycles. The van der Waals surface area contributed by atoms with Crippen LogP contribution in [-0.2, 0) is 17.8 Å². The highest BCUT2D eigenvalue weighted by Crippen LogP contribution is 2.26. The molecule has 1 saturated heterocycles. The van der Waals surface area contributed by atoms with Gasteiger partial charge in [-0.15, -0.1) is 0 Å². The molecule has 0 bridgehead atoms. The predicted molar refractivity (Wildman–Crippen MR) is 102 cm³/mol. The molecule has 142 valence electrons. The van der Waals surface area contributed by atoms with Crippen LogP contribution in [0.25, 0.3) is 0 Å². The van der Waals surface area contributed by atoms with Crippen molar-refractivity contribution < 1.29 is 9.53 Å². The van der Waals surface area contributed by atoms with Gasteiger partial charge in [-0.3, -0.25) is 14.6 Å². The molecular formula is C21H31N3O2. The Labute approximate surface area is 156 Å². The molecule has 1 saturated carbocycles. The largest absolute Gasteiger partial charge is 0.493 e. The van der Waals surface area contributed by atoms with E-state index in [0.29, 0.717) is 6.04 Å². The van der Waals surface area contributed by atoms with Crippen LogP contribution in [0.4, 0.5) is 0 Å². The van der Waals surface area contributed by atoms with Gasteiger partial charge in [0.15, 0.2) is 0 Å². The van der Waals surface area contributed by atoms with Gasteiger partial charge in [0.25, 0.3) is 0 Å². The molecule has 3 aliphatic rings. The van der Waals surface area contributed by atoms with Gasteiger partial charge < -0.3 is 10.1 Å². The summed E-state index contributed by atoms with van der Waals surface area (Å²) in [5, 5.41) is 3.24. The van der Waals surface area contributed by atoms with Crippen LogP contribution in [-0.4, -0.2) is 60.6 Å². The van der Waals surface area contributed by atoms with E-state index in [1.807, 2.05) is 0 Å². The van der Waals surface area contributed by atoms with E-state index < -0.39 is 0 Å². The van der Waals surface area contributed by atoms with Crippen LogP contribution in [0.2, 0.25) is 0 Å². The van der Waals surface area contributed by atoms with Gasteiger partial charge in [0.2, 0.25) is 5.91 Å². The first-order valence-corrected chi connectivity index (χ1v) is 10.2. The highest BCUT2D eigenvalue weighted by atomic mass is 16.5. The van der Waals surface area contributed by atoms with Crippen molar-refractivity contribution in [1.29, 1.82) is 0 Å². The molecule has 4 rings (SSSR count). The lowest BCUT2D eigenvalue weighted by Crippen LogP contribution is -2.54. The Morgan fingerprint density at radius 3 is 2.77 bits per heavy atom. The van der Waals surface area contributed by atoms with Gasteiger partial charge in [-0.1, -0.05) is 25.0 Å². The summed E-state index contributed by atoms with van der Waals surface area (Å²) in [6, 6.07) is 6.99. The molecule has 0 spiro atoms. The van der Waals surface area contributed by atoms with E-state index in [1.54, 1.807) is 0 Å². The SMILES string of the molecule is C[C@H](C(=O)NC1CCCC1)N1CCN(Cc2ccc3c(c2)CCO3)CC1. The highest BCUT2D eigenvalue weighted by molar-refractivity contribution is 5.81. The molecule has 5 nitrogen and oxygen atoms in total. The Morgan fingerprint density at radius 1 is 1.23 bits per heavy atom. The lowest BCUT2D eigenvalue weighted by atomic mass is 10.1. The number of rotatable bonds is 5. The molecule has 5 heteroatoms. The van der Waals surface area contributed by atoms with E-state index in [1.165, 1.54) is 24.0 Å². The number of hydrogen-bond donors (Lipinski definition) is 1. The number of benzene rings is 1. The molecule has 26 heavy (non-hydrogen) atoms. The van der Waals surface area contributed by atoms with Crippen molar-refractivity contribution in [1.82, 2.24) is 15.1 Å². The molecule has 0 aromatic heterocycles. The van der Waals surface area contributed by atoms with E-state index in [2.05, 4.69) is 40.2 Å². The van der Waals surface area contributed by atoms with Crippen LogP contribution in [0.1, 0.15) is 43.7 Å². The van der Waals surface area contributed by atoms with Crippen LogP contribution in [0.5, 0.6) is 5.75 Å². The number of nitrogens with zero attached hydrogens (tertiary/aromatic N) is 2. The number of piperazine rings is 1. The Hall–Kier alpha value is -1.59. The fourth-order valence-corrected chi connectivity index (χ4v) is 4.46. The fourth-order valence-electron chi connectivity index (χ4n) is 4.46. The highest BCUT2D eigenvalue weighted by Gasteiger charge is 2.27. The second kappa shape index (κ2) is 7.97. The average molecular weight is 357 g/mol. The van der Waals surface area contributed by atoms with E-state index in [4.69, 9.17) is 4.74 Å². The lowest BCUT2D eigenvalue weighted by molar-refractivity contribution is -0.127. The topological polar surface area (TPSA) is 44.8 Å². The molecule has 1 aromatic carbocycles. The van der Waals surface area contributed by atoms with Crippen LogP contribution in [0, 0.1) is 0 Å². The third-order valence-corrected chi connectivity index (χ3v) is 6.20. The monoisotopic (exact) mass is 357 g/mol. The summed E-state index contributed by atoms with van der Waals surface area (Å²) < 4.78 is 5.60. The van der Waals surface area contributed by atoms with Crippen LogP contribution >= 0.6 is 0 Å². The molecule has 2 fully saturated rings. The van der Waals surface area contributed by atoms with E-state index in [0.717, 1.165) is 64.3 Å². The van der Waals surface area contributed by atoms with Crippen LogP contribution in [0.15, 0.2) is 18.2 Å². The van der Waals surface area contributed by atoms with Crippen molar-refractivity contribution >= 4 is 5.91 Å². The molecule has 0 unspecified atom stereocenters. The number of amides is 1. The third kappa shape index (κ3) is 4.04. The summed E-state index contributed by atoms with van der Waals surface area (Å²) in [4.78, 5) is 17.3. The quantitative estimate of drug-likeness (QED) is 0.877. The van der Waals surface area contributed by atoms with Crippen molar-refractivity contribution in [2.45, 2.75) is 57.7 Å². The summed E-state index contributed by atoms with van der Waals surface area (Å²) in [6.07, 6.45) is 5.85. The standard InChI is InChI=1S/C21H31N3O2/c1-16(21(25)22-19-4-2-3-5-19)24-11-9-23(10-12-24)15-17-6-7-20-18(14-17)8-13-26-20/h6-7,14,16,19H,2-5,8-13,15H2,1H3,(H,22,25)/t16-/m1/s1. The minimum atomic E-state index is -0.0186. The van der Waals surface area contributed by atoms with Crippen molar-refractivity contribution in [2.75, 3.05) is 32.8 Å². The van der Waals surface area contributed by atoms with Gasteiger partial charge in [-0.25, -0.2) is 0 Å². The first-order valence-electron chi connectivity index (χ1n) is 10.2. The number of carbonyl (C=O) groups is 1. The maximum absolute atomic E-state index is 12.5. The summed E-state index contributed by atoms with van der Waals surface area (Å²) in [5.74, 6) is 1.27. The van der Waals surface area contributed by atoms with Crippen LogP contribution in [0.3, 0.4) is 0 Å². The van der Waals surface area contributed by atoms with Gasteiger partial charge in [0, 0.05) is 45.2 Å². The van der Waals surface area contributed by atoms with Gasteiger partial charge in [0.05, 0.1) is 12.6 Å². The van der Waals surface area contributed by atoms with E-state index in [-0.39, 0.29) is 11.9 Å². The van der Waals surface area contributed by atoms with Gasteiger partial charge in [-0.05, 0) is 37.0 Å². The van der Waals surface area contributed by atoms with Gasteiger partial charge in [-0.2, -0.15) is 0 Å². The normalized spacial score (nSPS) is 22.8. The number of carbonyl (C=O) groups excluding carboxylic acids is 1. The molecule has 1 N–H and O–H groups in total. The minimum absolute atomic E-state index is 0.0186. The zero-order valence-electron chi connectivity index (χ0n) is 15.9. The number of hydrogen-bond acceptors (Lipinski definition) is 4. The van der Waals surface area contributed by atoms with Crippen molar-refractivity contribution in [3.63, 3.8) is 0 Å². The summed E-state index contributed by atoms with van der Waals surface area (Å²) in [7, 11) is 0. The Balaban J connectivity index is 1.25. The second-order valence-electron chi connectivity index (χ2n) is 8.02. The zero-order valence-corrected chi connectivity index (χ0v) is 15.9. The van der Waals surface area contributed by atoms with Crippen molar-refractivity contribution in [2.24, 2.45) is 0 Å². The Bertz CT molecular complexity index is 634. The first kappa shape index (κ1) is 17.8. The molecular weight excluding hydrogens is 326 g/mol. The van der Waals surface area contributed by atoms with Gasteiger partial charge in [0.1, 0.15) is 5.75 Å². The minimum Gasteiger partial charge on any atom is -0.493 e. The molecule has 1 aromatic rings. The summed E-state index contributed by atoms with van der Waals surface area (Å²) >= 11 is 0. The lowest BCUT2D eigenvalue weighted by Gasteiger charge is -2.37. The maximum atomic E-state index is 12.5. The number of nitrogens with one attached hydrogen (secondary N) is 1. The second-order valence-corrected chi connectivity index (χ2v) is 8.02. The van der Waals surface area contributed by atoms with Crippen LogP contribution < -0.4 is 10.1 Å². The van der Waals surface area contributed by atoms with Crippen molar-refractivity contribution in [3.8, 4) is 5.75 Å². The number of ether oxygens (including phenoxy) is 1. The summed E-state index contributed by atoms with van der Waals surface area (Å²) in [6.45, 7) is 7.84. The third-order valence-electron chi connectivity index (χ3n) is 6.20. The van der Waals surface area contributed by atoms with Gasteiger partial charge >= 0.3 is 0 Å². The van der Waals surface area contributed by atoms with E-state index >= 15 is 0 Å². The molecule has 1 aliphatic carbocycles.